The van der Waals surface area contributed by atoms with Crippen LogP contribution in [-0.2, 0) is 7.05 Å². The van der Waals surface area contributed by atoms with E-state index in [-0.39, 0.29) is 17.5 Å². The van der Waals surface area contributed by atoms with E-state index in [1.54, 1.807) is 6.33 Å². The highest BCUT2D eigenvalue weighted by Crippen LogP contribution is 2.33. The van der Waals surface area contributed by atoms with Gasteiger partial charge < -0.3 is 19.7 Å². The van der Waals surface area contributed by atoms with Gasteiger partial charge >= 0.3 is 6.03 Å². The van der Waals surface area contributed by atoms with Crippen molar-refractivity contribution in [3.05, 3.63) is 12.2 Å². The summed E-state index contributed by atoms with van der Waals surface area (Å²) in [4.78, 5) is 16.9. The van der Waals surface area contributed by atoms with Gasteiger partial charge in [-0.2, -0.15) is 0 Å². The lowest BCUT2D eigenvalue weighted by atomic mass is 9.95. The van der Waals surface area contributed by atoms with Gasteiger partial charge in [0.2, 0.25) is 0 Å². The normalized spacial score (nSPS) is 23.7. The molecule has 1 atom stereocenters. The van der Waals surface area contributed by atoms with Crippen molar-refractivity contribution in [3.8, 4) is 0 Å². The van der Waals surface area contributed by atoms with E-state index in [0.29, 0.717) is 0 Å². The first-order valence-corrected chi connectivity index (χ1v) is 9.06. The molecule has 24 heavy (non-hydrogen) atoms. The van der Waals surface area contributed by atoms with Gasteiger partial charge in [0.25, 0.3) is 0 Å². The monoisotopic (exact) mass is 334 g/mol. The summed E-state index contributed by atoms with van der Waals surface area (Å²) in [5.41, 5.74) is 0.133. The Kier molecular flexibility index (Phi) is 5.08. The summed E-state index contributed by atoms with van der Waals surface area (Å²) in [6.07, 6.45) is 8.67. The summed E-state index contributed by atoms with van der Waals surface area (Å²) < 4.78 is 1.96. The largest absolute Gasteiger partial charge is 0.336 e. The molecule has 2 fully saturated rings. The number of rotatable bonds is 4. The molecule has 0 unspecified atom stereocenters. The fourth-order valence-corrected chi connectivity index (χ4v) is 4.20. The molecule has 3 rings (SSSR count). The third kappa shape index (κ3) is 3.41. The molecule has 7 heteroatoms. The number of piperidine rings is 1. The van der Waals surface area contributed by atoms with E-state index in [9.17, 15) is 4.79 Å². The summed E-state index contributed by atoms with van der Waals surface area (Å²) in [5.74, 6) is 1.26. The van der Waals surface area contributed by atoms with Crippen molar-refractivity contribution in [1.29, 1.82) is 0 Å². The lowest BCUT2D eigenvalue weighted by molar-refractivity contribution is 0.141. The van der Waals surface area contributed by atoms with Crippen molar-refractivity contribution >= 4 is 6.03 Å². The molecule has 2 heterocycles. The number of likely N-dealkylation sites (tertiary alicyclic amines) is 1. The van der Waals surface area contributed by atoms with E-state index >= 15 is 0 Å². The van der Waals surface area contributed by atoms with Crippen LogP contribution in [0.2, 0.25) is 0 Å². The quantitative estimate of drug-likeness (QED) is 0.908. The number of nitrogens with one attached hydrogen (secondary N) is 1. The number of aryl methyl sites for hydroxylation is 1. The molecule has 2 aliphatic rings. The summed E-state index contributed by atoms with van der Waals surface area (Å²) in [5, 5.41) is 11.4. The van der Waals surface area contributed by atoms with Crippen molar-refractivity contribution in [3.63, 3.8) is 0 Å². The summed E-state index contributed by atoms with van der Waals surface area (Å²) in [6, 6.07) is 0.0648. The Bertz CT molecular complexity index is 563. The van der Waals surface area contributed by atoms with E-state index in [4.69, 9.17) is 0 Å². The molecule has 0 aromatic carbocycles. The van der Waals surface area contributed by atoms with Crippen LogP contribution < -0.4 is 5.32 Å². The first-order valence-electron chi connectivity index (χ1n) is 9.06. The van der Waals surface area contributed by atoms with Crippen LogP contribution in [0.25, 0.3) is 0 Å². The molecule has 1 aliphatic carbocycles. The van der Waals surface area contributed by atoms with Crippen molar-refractivity contribution in [2.45, 2.75) is 50.0 Å². The molecule has 7 nitrogen and oxygen atoms in total. The highest BCUT2D eigenvalue weighted by Gasteiger charge is 2.37. The maximum absolute atomic E-state index is 12.7. The van der Waals surface area contributed by atoms with E-state index in [0.717, 1.165) is 38.3 Å². The second-order valence-corrected chi connectivity index (χ2v) is 7.57. The predicted octanol–water partition coefficient (Wildman–Crippen LogP) is 1.58. The van der Waals surface area contributed by atoms with Crippen molar-refractivity contribution in [2.75, 3.05) is 33.7 Å². The molecule has 1 saturated carbocycles. The zero-order chi connectivity index (χ0) is 17.2. The molecule has 2 amide bonds. The summed E-state index contributed by atoms with van der Waals surface area (Å²) in [7, 11) is 6.22. The molecule has 1 aromatic rings. The number of urea groups is 1. The molecular weight excluding hydrogens is 304 g/mol. The van der Waals surface area contributed by atoms with Gasteiger partial charge in [0.05, 0.1) is 0 Å². The fraction of sp³-hybridized carbons (Fsp3) is 0.824. The predicted molar refractivity (Wildman–Crippen MR) is 92.8 cm³/mol. The number of amides is 2. The minimum Gasteiger partial charge on any atom is -0.336 e. The van der Waals surface area contributed by atoms with Gasteiger partial charge in [-0.1, -0.05) is 12.8 Å². The van der Waals surface area contributed by atoms with Gasteiger partial charge in [0.1, 0.15) is 12.2 Å². The number of likely N-dealkylation sites (N-methyl/N-ethyl adjacent to an activating group) is 1. The number of hydrogen-bond acceptors (Lipinski definition) is 4. The van der Waals surface area contributed by atoms with Gasteiger partial charge in [0, 0.05) is 38.1 Å². The Morgan fingerprint density at radius 1 is 1.38 bits per heavy atom. The second kappa shape index (κ2) is 7.09. The van der Waals surface area contributed by atoms with Crippen LogP contribution in [0, 0.1) is 0 Å². The topological polar surface area (TPSA) is 66.3 Å². The number of hydrogen-bond donors (Lipinski definition) is 1. The van der Waals surface area contributed by atoms with E-state index in [1.807, 2.05) is 16.5 Å². The molecular formula is C17H30N6O. The fourth-order valence-electron chi connectivity index (χ4n) is 4.20. The van der Waals surface area contributed by atoms with Crippen LogP contribution in [-0.4, -0.2) is 69.9 Å². The number of aromatic nitrogens is 3. The highest BCUT2D eigenvalue weighted by molar-refractivity contribution is 5.74. The molecule has 1 saturated heterocycles. The van der Waals surface area contributed by atoms with Crippen LogP contribution in [0.4, 0.5) is 4.79 Å². The Hall–Kier alpha value is -1.63. The van der Waals surface area contributed by atoms with E-state index < -0.39 is 0 Å². The maximum Gasteiger partial charge on any atom is 0.317 e. The van der Waals surface area contributed by atoms with Crippen LogP contribution in [0.15, 0.2) is 6.33 Å². The van der Waals surface area contributed by atoms with Crippen LogP contribution >= 0.6 is 0 Å². The number of nitrogens with zero attached hydrogens (tertiary/aromatic N) is 5. The van der Waals surface area contributed by atoms with Crippen molar-refractivity contribution in [2.24, 2.45) is 7.05 Å². The Morgan fingerprint density at radius 3 is 2.75 bits per heavy atom. The summed E-state index contributed by atoms with van der Waals surface area (Å²) >= 11 is 0. The van der Waals surface area contributed by atoms with Crippen LogP contribution in [0.1, 0.15) is 50.3 Å². The van der Waals surface area contributed by atoms with E-state index in [1.165, 1.54) is 25.7 Å². The first-order chi connectivity index (χ1) is 11.5. The number of carbonyl (C=O) groups excluding carboxylic acids is 1. The maximum atomic E-state index is 12.7. The standard InChI is InChI=1S/C17H30N6O/c1-21(2)17(8-4-5-9-17)12-18-16(24)23-10-6-7-14(11-23)15-20-19-13-22(15)3/h13-14H,4-12H2,1-3H3,(H,18,24)/t14-/m0/s1. The SMILES string of the molecule is CN(C)C1(CNC(=O)N2CCC[C@H](c3nncn3C)C2)CCCC1. The first kappa shape index (κ1) is 17.2. The minimum atomic E-state index is 0.0648. The Morgan fingerprint density at radius 2 is 2.12 bits per heavy atom. The second-order valence-electron chi connectivity index (χ2n) is 7.57. The van der Waals surface area contributed by atoms with E-state index in [2.05, 4.69) is 34.5 Å². The van der Waals surface area contributed by atoms with Gasteiger partial charge in [-0.15, -0.1) is 10.2 Å². The van der Waals surface area contributed by atoms with Crippen molar-refractivity contribution < 1.29 is 4.79 Å². The van der Waals surface area contributed by atoms with Crippen LogP contribution in [0.3, 0.4) is 0 Å². The molecule has 0 bridgehead atoms. The molecule has 1 N–H and O–H groups in total. The Labute approximate surface area is 144 Å². The zero-order valence-corrected chi connectivity index (χ0v) is 15.2. The van der Waals surface area contributed by atoms with Gasteiger partial charge in [-0.05, 0) is 39.8 Å². The molecule has 1 aliphatic heterocycles. The Balaban J connectivity index is 1.58. The lowest BCUT2D eigenvalue weighted by Crippen LogP contribution is -2.54. The van der Waals surface area contributed by atoms with Gasteiger partial charge in [-0.25, -0.2) is 4.79 Å². The third-order valence-electron chi connectivity index (χ3n) is 5.87. The minimum absolute atomic E-state index is 0.0648. The average Bonchev–Trinajstić information content (AvgIpc) is 3.22. The average molecular weight is 334 g/mol. The molecule has 1 aromatic heterocycles. The van der Waals surface area contributed by atoms with Gasteiger partial charge in [0.15, 0.2) is 0 Å². The van der Waals surface area contributed by atoms with Crippen molar-refractivity contribution in [1.82, 2.24) is 29.9 Å². The highest BCUT2D eigenvalue weighted by atomic mass is 16.2. The zero-order valence-electron chi connectivity index (χ0n) is 15.2. The molecule has 0 radical (unpaired) electrons. The lowest BCUT2D eigenvalue weighted by Gasteiger charge is -2.38. The third-order valence-corrected chi connectivity index (χ3v) is 5.87. The smallest absolute Gasteiger partial charge is 0.317 e. The molecule has 134 valence electrons. The number of carbonyl (C=O) groups is 1. The summed E-state index contributed by atoms with van der Waals surface area (Å²) in [6.45, 7) is 2.30. The van der Waals surface area contributed by atoms with Crippen LogP contribution in [0.5, 0.6) is 0 Å². The molecule has 0 spiro atoms. The van der Waals surface area contributed by atoms with Gasteiger partial charge in [-0.3, -0.25) is 0 Å².